The highest BCUT2D eigenvalue weighted by molar-refractivity contribution is 7.46. The van der Waals surface area contributed by atoms with Gasteiger partial charge < -0.3 is 24.4 Å². The Morgan fingerprint density at radius 3 is 1.70 bits per heavy atom. The Morgan fingerprint density at radius 2 is 1.13 bits per heavy atom. The minimum atomic E-state index is -4.83. The van der Waals surface area contributed by atoms with Crippen molar-refractivity contribution in [3.63, 3.8) is 0 Å². The van der Waals surface area contributed by atoms with Gasteiger partial charge in [0.1, 0.15) is 6.61 Å². The first kappa shape index (κ1) is 50.2. The molecule has 0 radical (unpaired) electrons. The van der Waals surface area contributed by atoms with E-state index in [0.717, 1.165) is 70.6 Å². The molecular weight excluding hydrogens is 691 g/mol. The van der Waals surface area contributed by atoms with Gasteiger partial charge in [0.2, 0.25) is 0 Å². The summed E-state index contributed by atoms with van der Waals surface area (Å²) in [5.74, 6) is -1.18. The van der Waals surface area contributed by atoms with Gasteiger partial charge in [-0.25, -0.2) is 4.57 Å². The molecule has 0 aromatic heterocycles. The zero-order valence-electron chi connectivity index (χ0n) is 32.7. The van der Waals surface area contributed by atoms with Crippen molar-refractivity contribution in [3.8, 4) is 0 Å². The van der Waals surface area contributed by atoms with Crippen molar-refractivity contribution in [2.75, 3.05) is 13.2 Å². The normalized spacial score (nSPS) is 14.0. The standard InChI is InChI=1S/C43H71O9P/c1-3-5-7-9-11-13-15-17-19-21-22-24-26-28-30-32-34-40(44)36-37-43(46)52-41(39-51-53(47,48)49)38-50-42(45)35-33-31-29-27-25-23-20-18-16-14-12-10-8-6-4-2/h5,7,11,13,17-20,22,24,28,30,32,34,40-41,44H,3-4,6,8-10,12,14-16,21,23,25-27,29,31,33,35-39H2,1-2H3,(H2,47,48,49)/b7-5-,13-11-,19-17-,20-18-,24-22-,30-28-,34-32-/t40?,41-/m1/s1. The fourth-order valence-corrected chi connectivity index (χ4v) is 5.37. The maximum atomic E-state index is 12.4. The minimum absolute atomic E-state index is 0.0847. The molecule has 0 saturated heterocycles. The first-order valence-corrected chi connectivity index (χ1v) is 21.5. The van der Waals surface area contributed by atoms with Crippen molar-refractivity contribution in [3.05, 3.63) is 85.1 Å². The summed E-state index contributed by atoms with van der Waals surface area (Å²) in [5.41, 5.74) is 0. The average Bonchev–Trinajstić information content (AvgIpc) is 3.12. The third kappa shape index (κ3) is 40.2. The van der Waals surface area contributed by atoms with Crippen molar-refractivity contribution >= 4 is 19.8 Å². The second kappa shape index (κ2) is 37.5. The summed E-state index contributed by atoms with van der Waals surface area (Å²) in [7, 11) is -4.83. The smallest absolute Gasteiger partial charge is 0.462 e. The van der Waals surface area contributed by atoms with Gasteiger partial charge in [0, 0.05) is 12.8 Å². The summed E-state index contributed by atoms with van der Waals surface area (Å²) in [5, 5.41) is 10.2. The number of phosphoric acid groups is 1. The van der Waals surface area contributed by atoms with Crippen molar-refractivity contribution in [2.24, 2.45) is 0 Å². The van der Waals surface area contributed by atoms with Crippen LogP contribution in [0.3, 0.4) is 0 Å². The molecule has 0 bridgehead atoms. The number of aliphatic hydroxyl groups is 1. The number of phosphoric ester groups is 1. The van der Waals surface area contributed by atoms with Crippen LogP contribution >= 0.6 is 7.82 Å². The Hall–Kier alpha value is -2.81. The largest absolute Gasteiger partial charge is 0.469 e. The highest BCUT2D eigenvalue weighted by atomic mass is 31.2. The second-order valence-electron chi connectivity index (χ2n) is 13.1. The lowest BCUT2D eigenvalue weighted by molar-refractivity contribution is -0.161. The van der Waals surface area contributed by atoms with Gasteiger partial charge in [-0.2, -0.15) is 0 Å². The van der Waals surface area contributed by atoms with Gasteiger partial charge in [-0.3, -0.25) is 14.1 Å². The lowest BCUT2D eigenvalue weighted by Crippen LogP contribution is -2.29. The molecule has 0 heterocycles. The SMILES string of the molecule is CC/C=C\C/C=C\C/C=C\C/C=C\C/C=C\C=C/C(O)CCC(=O)O[C@H](COC(=O)CCCCCCC/C=C\CCCCCCCC)COP(=O)(O)O. The fourth-order valence-electron chi connectivity index (χ4n) is 5.01. The van der Waals surface area contributed by atoms with E-state index in [1.54, 1.807) is 12.2 Å². The zero-order chi connectivity index (χ0) is 39.1. The van der Waals surface area contributed by atoms with Gasteiger partial charge >= 0.3 is 19.8 Å². The molecule has 0 aromatic rings. The summed E-state index contributed by atoms with van der Waals surface area (Å²) in [6.45, 7) is 3.34. The molecule has 0 fully saturated rings. The van der Waals surface area contributed by atoms with E-state index >= 15 is 0 Å². The van der Waals surface area contributed by atoms with Gasteiger partial charge in [0.25, 0.3) is 0 Å². The van der Waals surface area contributed by atoms with Crippen LogP contribution in [-0.2, 0) is 28.2 Å². The molecular formula is C43H71O9P. The van der Waals surface area contributed by atoms with Crippen molar-refractivity contribution in [2.45, 2.75) is 161 Å². The molecule has 0 amide bonds. The molecule has 0 aliphatic carbocycles. The van der Waals surface area contributed by atoms with Crippen molar-refractivity contribution in [1.82, 2.24) is 0 Å². The van der Waals surface area contributed by atoms with Gasteiger partial charge in [0.05, 0.1) is 12.7 Å². The van der Waals surface area contributed by atoms with Crippen LogP contribution in [0.4, 0.5) is 0 Å². The fraction of sp³-hybridized carbons (Fsp3) is 0.628. The minimum Gasteiger partial charge on any atom is -0.462 e. The maximum absolute atomic E-state index is 12.4. The first-order valence-electron chi connectivity index (χ1n) is 20.0. The monoisotopic (exact) mass is 762 g/mol. The van der Waals surface area contributed by atoms with Gasteiger partial charge in [-0.05, 0) is 70.6 Å². The van der Waals surface area contributed by atoms with Crippen LogP contribution in [0.15, 0.2) is 85.1 Å². The molecule has 0 saturated carbocycles. The van der Waals surface area contributed by atoms with Crippen LogP contribution < -0.4 is 0 Å². The van der Waals surface area contributed by atoms with E-state index in [1.807, 2.05) is 12.2 Å². The number of hydrogen-bond donors (Lipinski definition) is 3. The molecule has 10 heteroatoms. The zero-order valence-corrected chi connectivity index (χ0v) is 33.6. The van der Waals surface area contributed by atoms with E-state index in [4.69, 9.17) is 19.3 Å². The molecule has 9 nitrogen and oxygen atoms in total. The number of ether oxygens (including phenoxy) is 2. The molecule has 53 heavy (non-hydrogen) atoms. The van der Waals surface area contributed by atoms with Crippen LogP contribution in [0, 0.1) is 0 Å². The van der Waals surface area contributed by atoms with Crippen molar-refractivity contribution < 1.29 is 43.0 Å². The molecule has 3 N–H and O–H groups in total. The Morgan fingerprint density at radius 1 is 0.604 bits per heavy atom. The molecule has 1 unspecified atom stereocenters. The summed E-state index contributed by atoms with van der Waals surface area (Å²) in [6.07, 6.45) is 46.3. The van der Waals surface area contributed by atoms with Crippen LogP contribution in [-0.4, -0.2) is 52.3 Å². The Kier molecular flexibility index (Phi) is 35.5. The number of carbonyl (C=O) groups is 2. The van der Waals surface area contributed by atoms with E-state index in [0.29, 0.717) is 6.42 Å². The summed E-state index contributed by atoms with van der Waals surface area (Å²) in [6, 6.07) is 0. The highest BCUT2D eigenvalue weighted by Crippen LogP contribution is 2.36. The molecule has 0 rings (SSSR count). The highest BCUT2D eigenvalue weighted by Gasteiger charge is 2.23. The van der Waals surface area contributed by atoms with Gasteiger partial charge in [-0.15, -0.1) is 0 Å². The predicted molar refractivity (Wildman–Crippen MR) is 217 cm³/mol. The number of esters is 2. The number of carbonyl (C=O) groups excluding carboxylic acids is 2. The summed E-state index contributed by atoms with van der Waals surface area (Å²) >= 11 is 0. The Balaban J connectivity index is 4.23. The van der Waals surface area contributed by atoms with E-state index in [-0.39, 0.29) is 25.9 Å². The number of aliphatic hydroxyl groups excluding tert-OH is 1. The topological polar surface area (TPSA) is 140 Å². The van der Waals surface area contributed by atoms with E-state index < -0.39 is 38.6 Å². The molecule has 0 spiro atoms. The van der Waals surface area contributed by atoms with Crippen LogP contribution in [0.1, 0.15) is 149 Å². The first-order chi connectivity index (χ1) is 25.7. The summed E-state index contributed by atoms with van der Waals surface area (Å²) < 4.78 is 26.2. The van der Waals surface area contributed by atoms with Crippen LogP contribution in [0.5, 0.6) is 0 Å². The van der Waals surface area contributed by atoms with E-state index in [1.165, 1.54) is 38.5 Å². The number of unbranched alkanes of at least 4 members (excludes halogenated alkanes) is 11. The average molecular weight is 763 g/mol. The maximum Gasteiger partial charge on any atom is 0.469 e. The van der Waals surface area contributed by atoms with Crippen molar-refractivity contribution in [1.29, 1.82) is 0 Å². The van der Waals surface area contributed by atoms with E-state index in [2.05, 4.69) is 79.1 Å². The lowest BCUT2D eigenvalue weighted by Gasteiger charge is -2.18. The molecule has 0 aliphatic heterocycles. The molecule has 0 aliphatic rings. The number of rotatable bonds is 35. The predicted octanol–water partition coefficient (Wildman–Crippen LogP) is 11.0. The quantitative estimate of drug-likeness (QED) is 0.0189. The van der Waals surface area contributed by atoms with E-state index in [9.17, 15) is 19.3 Å². The lowest BCUT2D eigenvalue weighted by atomic mass is 10.1. The molecule has 302 valence electrons. The number of allylic oxidation sites excluding steroid dienone is 13. The Bertz CT molecular complexity index is 1150. The van der Waals surface area contributed by atoms with Gasteiger partial charge in [0.15, 0.2) is 6.10 Å². The van der Waals surface area contributed by atoms with Crippen LogP contribution in [0.25, 0.3) is 0 Å². The third-order valence-corrected chi connectivity index (χ3v) is 8.50. The number of hydrogen-bond acceptors (Lipinski definition) is 7. The second-order valence-corrected chi connectivity index (χ2v) is 14.3. The molecule has 0 aromatic carbocycles. The van der Waals surface area contributed by atoms with Gasteiger partial charge in [-0.1, -0.05) is 150 Å². The Labute approximate surface area is 321 Å². The summed E-state index contributed by atoms with van der Waals surface area (Å²) in [4.78, 5) is 42.8. The third-order valence-electron chi connectivity index (χ3n) is 8.02. The molecule has 2 atom stereocenters. The van der Waals surface area contributed by atoms with Crippen LogP contribution in [0.2, 0.25) is 0 Å².